The van der Waals surface area contributed by atoms with Gasteiger partial charge in [-0.3, -0.25) is 16.3 Å². The fourth-order valence-electron chi connectivity index (χ4n) is 1.77. The van der Waals surface area contributed by atoms with Crippen LogP contribution in [0.4, 0.5) is 0 Å². The maximum Gasteiger partial charge on any atom is 0.0527 e. The molecule has 1 heterocycles. The number of nitrogens with one attached hydrogen (secondary N) is 1. The molecule has 0 radical (unpaired) electrons. The standard InChI is InChI=1S/C13H13BrClN3/c14-12-5-4-9(15)7-11(12)13(18-16)8-10-3-1-2-6-17-10/h1-7,13,18H,8,16H2. The molecule has 0 aliphatic heterocycles. The van der Waals surface area contributed by atoms with E-state index in [-0.39, 0.29) is 6.04 Å². The Morgan fingerprint density at radius 1 is 1.33 bits per heavy atom. The van der Waals surface area contributed by atoms with Crippen molar-refractivity contribution in [1.82, 2.24) is 10.4 Å². The average Bonchev–Trinajstić information content (AvgIpc) is 2.40. The Labute approximate surface area is 119 Å². The lowest BCUT2D eigenvalue weighted by molar-refractivity contribution is 0.544. The first-order valence-corrected chi connectivity index (χ1v) is 6.69. The first-order chi connectivity index (χ1) is 8.70. The van der Waals surface area contributed by atoms with Crippen molar-refractivity contribution in [3.05, 3.63) is 63.3 Å². The van der Waals surface area contributed by atoms with Crippen molar-refractivity contribution in [1.29, 1.82) is 0 Å². The molecule has 18 heavy (non-hydrogen) atoms. The Morgan fingerprint density at radius 2 is 2.17 bits per heavy atom. The SMILES string of the molecule is NNC(Cc1ccccn1)c1cc(Cl)ccc1Br. The van der Waals surface area contributed by atoms with Crippen molar-refractivity contribution >= 4 is 27.5 Å². The Bertz CT molecular complexity index is 519. The molecule has 3 N–H and O–H groups in total. The summed E-state index contributed by atoms with van der Waals surface area (Å²) in [6, 6.07) is 11.5. The van der Waals surface area contributed by atoms with Crippen LogP contribution in [0.3, 0.4) is 0 Å². The molecule has 1 aromatic carbocycles. The summed E-state index contributed by atoms with van der Waals surface area (Å²) >= 11 is 9.53. The van der Waals surface area contributed by atoms with Gasteiger partial charge < -0.3 is 0 Å². The second-order valence-corrected chi connectivity index (χ2v) is 5.20. The number of aromatic nitrogens is 1. The topological polar surface area (TPSA) is 50.9 Å². The molecule has 2 rings (SSSR count). The average molecular weight is 327 g/mol. The molecular formula is C13H13BrClN3. The van der Waals surface area contributed by atoms with E-state index in [4.69, 9.17) is 17.4 Å². The molecule has 1 unspecified atom stereocenters. The highest BCUT2D eigenvalue weighted by Gasteiger charge is 2.14. The quantitative estimate of drug-likeness (QED) is 0.670. The minimum absolute atomic E-state index is 0.0343. The summed E-state index contributed by atoms with van der Waals surface area (Å²) in [5.74, 6) is 5.63. The summed E-state index contributed by atoms with van der Waals surface area (Å²) in [6.07, 6.45) is 2.48. The molecule has 0 fully saturated rings. The molecular weight excluding hydrogens is 314 g/mol. The van der Waals surface area contributed by atoms with Gasteiger partial charge in [0.05, 0.1) is 6.04 Å². The van der Waals surface area contributed by atoms with Crippen LogP contribution in [0, 0.1) is 0 Å². The zero-order valence-electron chi connectivity index (χ0n) is 9.61. The van der Waals surface area contributed by atoms with Gasteiger partial charge in [-0.05, 0) is 35.9 Å². The monoisotopic (exact) mass is 325 g/mol. The van der Waals surface area contributed by atoms with Crippen LogP contribution < -0.4 is 11.3 Å². The molecule has 3 nitrogen and oxygen atoms in total. The van der Waals surface area contributed by atoms with E-state index >= 15 is 0 Å². The van der Waals surface area contributed by atoms with Crippen molar-refractivity contribution in [2.45, 2.75) is 12.5 Å². The third kappa shape index (κ3) is 3.29. The van der Waals surface area contributed by atoms with Gasteiger partial charge in [0.1, 0.15) is 0 Å². The third-order valence-electron chi connectivity index (χ3n) is 2.67. The first kappa shape index (κ1) is 13.5. The third-order valence-corrected chi connectivity index (χ3v) is 3.63. The molecule has 5 heteroatoms. The fraction of sp³-hybridized carbons (Fsp3) is 0.154. The Kier molecular flexibility index (Phi) is 4.72. The van der Waals surface area contributed by atoms with Crippen LogP contribution in [0.5, 0.6) is 0 Å². The normalized spacial score (nSPS) is 12.4. The van der Waals surface area contributed by atoms with Crippen molar-refractivity contribution < 1.29 is 0 Å². The molecule has 0 spiro atoms. The van der Waals surface area contributed by atoms with E-state index < -0.39 is 0 Å². The lowest BCUT2D eigenvalue weighted by Gasteiger charge is -2.17. The van der Waals surface area contributed by atoms with Gasteiger partial charge in [-0.1, -0.05) is 33.6 Å². The molecule has 0 saturated carbocycles. The van der Waals surface area contributed by atoms with Crippen LogP contribution in [0.2, 0.25) is 5.02 Å². The van der Waals surface area contributed by atoms with Gasteiger partial charge in [-0.15, -0.1) is 0 Å². The van der Waals surface area contributed by atoms with Gasteiger partial charge in [0.2, 0.25) is 0 Å². The van der Waals surface area contributed by atoms with E-state index in [0.29, 0.717) is 11.4 Å². The number of halogens is 2. The van der Waals surface area contributed by atoms with Gasteiger partial charge in [0.25, 0.3) is 0 Å². The highest BCUT2D eigenvalue weighted by atomic mass is 79.9. The second kappa shape index (κ2) is 6.29. The number of nitrogens with zero attached hydrogens (tertiary/aromatic N) is 1. The van der Waals surface area contributed by atoms with Crippen LogP contribution in [-0.4, -0.2) is 4.98 Å². The predicted octanol–water partition coefficient (Wildman–Crippen LogP) is 3.24. The Morgan fingerprint density at radius 3 is 2.83 bits per heavy atom. The fourth-order valence-corrected chi connectivity index (χ4v) is 2.47. The van der Waals surface area contributed by atoms with E-state index in [1.807, 2.05) is 36.4 Å². The van der Waals surface area contributed by atoms with Crippen LogP contribution in [0.1, 0.15) is 17.3 Å². The van der Waals surface area contributed by atoms with Crippen molar-refractivity contribution in [3.63, 3.8) is 0 Å². The van der Waals surface area contributed by atoms with Crippen molar-refractivity contribution in [3.8, 4) is 0 Å². The Balaban J connectivity index is 2.26. The summed E-state index contributed by atoms with van der Waals surface area (Å²) in [6.45, 7) is 0. The number of hydrogen-bond donors (Lipinski definition) is 2. The minimum Gasteiger partial charge on any atom is -0.271 e. The molecule has 0 aliphatic carbocycles. The summed E-state index contributed by atoms with van der Waals surface area (Å²) in [5, 5.41) is 0.689. The summed E-state index contributed by atoms with van der Waals surface area (Å²) in [7, 11) is 0. The number of hydrogen-bond acceptors (Lipinski definition) is 3. The lowest BCUT2D eigenvalue weighted by atomic mass is 10.0. The van der Waals surface area contributed by atoms with Gasteiger partial charge in [0, 0.05) is 27.8 Å². The van der Waals surface area contributed by atoms with Gasteiger partial charge in [-0.25, -0.2) is 0 Å². The van der Waals surface area contributed by atoms with E-state index in [9.17, 15) is 0 Å². The van der Waals surface area contributed by atoms with Crippen LogP contribution in [-0.2, 0) is 6.42 Å². The molecule has 0 saturated heterocycles. The lowest BCUT2D eigenvalue weighted by Crippen LogP contribution is -2.30. The van der Waals surface area contributed by atoms with E-state index in [0.717, 1.165) is 15.7 Å². The number of hydrazine groups is 1. The van der Waals surface area contributed by atoms with E-state index in [1.165, 1.54) is 0 Å². The van der Waals surface area contributed by atoms with Crippen molar-refractivity contribution in [2.24, 2.45) is 5.84 Å². The highest BCUT2D eigenvalue weighted by Crippen LogP contribution is 2.28. The maximum atomic E-state index is 6.02. The van der Waals surface area contributed by atoms with Crippen LogP contribution in [0.25, 0.3) is 0 Å². The van der Waals surface area contributed by atoms with Crippen LogP contribution in [0.15, 0.2) is 47.1 Å². The molecule has 1 aromatic heterocycles. The highest BCUT2D eigenvalue weighted by molar-refractivity contribution is 9.10. The van der Waals surface area contributed by atoms with Crippen molar-refractivity contribution in [2.75, 3.05) is 0 Å². The number of rotatable bonds is 4. The smallest absolute Gasteiger partial charge is 0.0527 e. The zero-order valence-corrected chi connectivity index (χ0v) is 11.9. The minimum atomic E-state index is -0.0343. The number of nitrogens with two attached hydrogens (primary N) is 1. The van der Waals surface area contributed by atoms with E-state index in [2.05, 4.69) is 26.3 Å². The molecule has 0 aliphatic rings. The summed E-state index contributed by atoms with van der Waals surface area (Å²) < 4.78 is 0.978. The Hall–Kier alpha value is -0.940. The van der Waals surface area contributed by atoms with E-state index in [1.54, 1.807) is 6.20 Å². The molecule has 0 bridgehead atoms. The molecule has 2 aromatic rings. The molecule has 94 valence electrons. The second-order valence-electron chi connectivity index (χ2n) is 3.91. The predicted molar refractivity (Wildman–Crippen MR) is 77.2 cm³/mol. The zero-order chi connectivity index (χ0) is 13.0. The molecule has 0 amide bonds. The maximum absolute atomic E-state index is 6.02. The largest absolute Gasteiger partial charge is 0.271 e. The number of pyridine rings is 1. The first-order valence-electron chi connectivity index (χ1n) is 5.51. The van der Waals surface area contributed by atoms with Gasteiger partial charge in [0.15, 0.2) is 0 Å². The summed E-state index contributed by atoms with van der Waals surface area (Å²) in [4.78, 5) is 4.30. The summed E-state index contributed by atoms with van der Waals surface area (Å²) in [5.41, 5.74) is 4.81. The molecule has 1 atom stereocenters. The van der Waals surface area contributed by atoms with Crippen LogP contribution >= 0.6 is 27.5 Å². The van der Waals surface area contributed by atoms with Gasteiger partial charge >= 0.3 is 0 Å². The number of benzene rings is 1. The van der Waals surface area contributed by atoms with Gasteiger partial charge in [-0.2, -0.15) is 0 Å².